The van der Waals surface area contributed by atoms with Crippen molar-refractivity contribution in [2.24, 2.45) is 5.92 Å². The number of hydrogen-bond acceptors (Lipinski definition) is 3. The maximum atomic E-state index is 12.2. The van der Waals surface area contributed by atoms with Crippen LogP contribution in [-0.2, 0) is 9.59 Å². The molecular formula is C14H25N3O4. The lowest BCUT2D eigenvalue weighted by Gasteiger charge is -2.33. The highest BCUT2D eigenvalue weighted by atomic mass is 16.4. The van der Waals surface area contributed by atoms with Crippen LogP contribution >= 0.6 is 0 Å². The Morgan fingerprint density at radius 2 is 1.67 bits per heavy atom. The third kappa shape index (κ3) is 4.61. The summed E-state index contributed by atoms with van der Waals surface area (Å²) in [5.41, 5.74) is 0. The molecule has 0 aromatic rings. The van der Waals surface area contributed by atoms with Crippen LogP contribution in [0.25, 0.3) is 0 Å². The lowest BCUT2D eigenvalue weighted by molar-refractivity contribution is -0.143. The van der Waals surface area contributed by atoms with Gasteiger partial charge in [-0.15, -0.1) is 0 Å². The quantitative estimate of drug-likeness (QED) is 0.810. The van der Waals surface area contributed by atoms with Gasteiger partial charge in [0.05, 0.1) is 5.92 Å². The minimum Gasteiger partial charge on any atom is -0.481 e. The molecule has 1 aliphatic rings. The van der Waals surface area contributed by atoms with Crippen molar-refractivity contribution in [1.82, 2.24) is 14.7 Å². The van der Waals surface area contributed by atoms with Gasteiger partial charge in [0.1, 0.15) is 6.54 Å². The number of likely N-dealkylation sites (N-methyl/N-ethyl adjacent to an activating group) is 2. The summed E-state index contributed by atoms with van der Waals surface area (Å²) in [7, 11) is 1.60. The van der Waals surface area contributed by atoms with Crippen molar-refractivity contribution >= 4 is 17.9 Å². The Morgan fingerprint density at radius 1 is 1.14 bits per heavy atom. The van der Waals surface area contributed by atoms with Crippen molar-refractivity contribution in [2.75, 3.05) is 39.8 Å². The zero-order valence-electron chi connectivity index (χ0n) is 13.0. The van der Waals surface area contributed by atoms with Crippen LogP contribution in [0, 0.1) is 5.92 Å². The van der Waals surface area contributed by atoms with Crippen molar-refractivity contribution < 1.29 is 19.5 Å². The molecule has 0 radical (unpaired) electrons. The monoisotopic (exact) mass is 299 g/mol. The second kappa shape index (κ2) is 7.85. The Balaban J connectivity index is 2.48. The van der Waals surface area contributed by atoms with Crippen molar-refractivity contribution in [3.05, 3.63) is 0 Å². The summed E-state index contributed by atoms with van der Waals surface area (Å²) in [5.74, 6) is -1.24. The van der Waals surface area contributed by atoms with Gasteiger partial charge >= 0.3 is 12.0 Å². The maximum absolute atomic E-state index is 12.2. The van der Waals surface area contributed by atoms with E-state index in [4.69, 9.17) is 5.11 Å². The molecule has 21 heavy (non-hydrogen) atoms. The van der Waals surface area contributed by atoms with Crippen molar-refractivity contribution in [3.63, 3.8) is 0 Å². The van der Waals surface area contributed by atoms with E-state index < -0.39 is 5.97 Å². The number of piperidine rings is 1. The molecule has 0 unspecified atom stereocenters. The van der Waals surface area contributed by atoms with Gasteiger partial charge < -0.3 is 19.8 Å². The predicted octanol–water partition coefficient (Wildman–Crippen LogP) is 0.703. The fraction of sp³-hybridized carbons (Fsp3) is 0.786. The van der Waals surface area contributed by atoms with Crippen molar-refractivity contribution in [2.45, 2.75) is 26.7 Å². The SMILES string of the molecule is CCN(CC)C(=O)CN(C)C(=O)N1CCC(C(=O)O)CC1. The van der Waals surface area contributed by atoms with Crippen LogP contribution in [0.5, 0.6) is 0 Å². The summed E-state index contributed by atoms with van der Waals surface area (Å²) in [6.07, 6.45) is 0.942. The zero-order valence-corrected chi connectivity index (χ0v) is 13.0. The molecule has 0 aromatic heterocycles. The number of amides is 3. The Kier molecular flexibility index (Phi) is 6.45. The summed E-state index contributed by atoms with van der Waals surface area (Å²) < 4.78 is 0. The summed E-state index contributed by atoms with van der Waals surface area (Å²) in [4.78, 5) is 39.8. The summed E-state index contributed by atoms with van der Waals surface area (Å²) in [6.45, 7) is 5.97. The van der Waals surface area contributed by atoms with E-state index >= 15 is 0 Å². The smallest absolute Gasteiger partial charge is 0.320 e. The van der Waals surface area contributed by atoms with E-state index in [9.17, 15) is 14.4 Å². The van der Waals surface area contributed by atoms with Gasteiger partial charge in [-0.3, -0.25) is 9.59 Å². The number of carboxylic acids is 1. The fourth-order valence-electron chi connectivity index (χ4n) is 2.51. The maximum Gasteiger partial charge on any atom is 0.320 e. The van der Waals surface area contributed by atoms with Crippen molar-refractivity contribution in [1.29, 1.82) is 0 Å². The molecule has 0 spiro atoms. The topological polar surface area (TPSA) is 81.2 Å². The van der Waals surface area contributed by atoms with E-state index in [0.29, 0.717) is 39.0 Å². The molecule has 1 heterocycles. The van der Waals surface area contributed by atoms with E-state index in [0.717, 1.165) is 0 Å². The number of carboxylic acid groups (broad SMARTS) is 1. The van der Waals surface area contributed by atoms with Gasteiger partial charge in [0, 0.05) is 33.2 Å². The van der Waals surface area contributed by atoms with Crippen LogP contribution in [-0.4, -0.2) is 77.5 Å². The van der Waals surface area contributed by atoms with Gasteiger partial charge in [-0.1, -0.05) is 0 Å². The molecule has 0 saturated carbocycles. The van der Waals surface area contributed by atoms with E-state index in [1.165, 1.54) is 4.90 Å². The number of likely N-dealkylation sites (tertiary alicyclic amines) is 1. The highest BCUT2D eigenvalue weighted by Gasteiger charge is 2.29. The number of nitrogens with zero attached hydrogens (tertiary/aromatic N) is 3. The average molecular weight is 299 g/mol. The largest absolute Gasteiger partial charge is 0.481 e. The van der Waals surface area contributed by atoms with E-state index in [2.05, 4.69) is 0 Å². The minimum absolute atomic E-state index is 0.0549. The molecule has 1 N–H and O–H groups in total. The van der Waals surface area contributed by atoms with Crippen LogP contribution < -0.4 is 0 Å². The van der Waals surface area contributed by atoms with Crippen LogP contribution in [0.15, 0.2) is 0 Å². The lowest BCUT2D eigenvalue weighted by atomic mass is 9.97. The molecule has 1 rings (SSSR count). The van der Waals surface area contributed by atoms with E-state index in [-0.39, 0.29) is 24.4 Å². The molecule has 0 aliphatic carbocycles. The third-order valence-electron chi connectivity index (χ3n) is 3.93. The Hall–Kier alpha value is -1.79. The van der Waals surface area contributed by atoms with Gasteiger partial charge in [0.25, 0.3) is 0 Å². The van der Waals surface area contributed by atoms with Crippen LogP contribution in [0.2, 0.25) is 0 Å². The molecule has 7 nitrogen and oxygen atoms in total. The van der Waals surface area contributed by atoms with Crippen molar-refractivity contribution in [3.8, 4) is 0 Å². The Morgan fingerprint density at radius 3 is 2.10 bits per heavy atom. The first kappa shape index (κ1) is 17.3. The molecular weight excluding hydrogens is 274 g/mol. The van der Waals surface area contributed by atoms with Gasteiger partial charge in [0.2, 0.25) is 5.91 Å². The summed E-state index contributed by atoms with van der Waals surface area (Å²) in [6, 6.07) is -0.209. The highest BCUT2D eigenvalue weighted by molar-refractivity contribution is 5.84. The third-order valence-corrected chi connectivity index (χ3v) is 3.93. The molecule has 3 amide bonds. The minimum atomic E-state index is -0.799. The standard InChI is InChI=1S/C14H25N3O4/c1-4-16(5-2)12(18)10-15(3)14(21)17-8-6-11(7-9-17)13(19)20/h11H,4-10H2,1-3H3,(H,19,20). The predicted molar refractivity (Wildman–Crippen MR) is 77.9 cm³/mol. The average Bonchev–Trinajstić information content (AvgIpc) is 2.47. The van der Waals surface area contributed by atoms with Crippen LogP contribution in [0.3, 0.4) is 0 Å². The fourth-order valence-corrected chi connectivity index (χ4v) is 2.51. The van der Waals surface area contributed by atoms with Gasteiger partial charge in [-0.2, -0.15) is 0 Å². The van der Waals surface area contributed by atoms with E-state index in [1.807, 2.05) is 13.8 Å². The molecule has 0 atom stereocenters. The molecule has 7 heteroatoms. The Labute approximate surface area is 125 Å². The van der Waals surface area contributed by atoms with Gasteiger partial charge in [-0.25, -0.2) is 4.79 Å². The summed E-state index contributed by atoms with van der Waals surface area (Å²) >= 11 is 0. The van der Waals surface area contributed by atoms with Gasteiger partial charge in [0.15, 0.2) is 0 Å². The number of carbonyl (C=O) groups is 3. The number of urea groups is 1. The molecule has 1 saturated heterocycles. The Bertz CT molecular complexity index is 388. The number of carbonyl (C=O) groups excluding carboxylic acids is 2. The van der Waals surface area contributed by atoms with Gasteiger partial charge in [-0.05, 0) is 26.7 Å². The second-order valence-electron chi connectivity index (χ2n) is 5.30. The first-order valence-corrected chi connectivity index (χ1v) is 7.41. The van der Waals surface area contributed by atoms with Crippen LogP contribution in [0.1, 0.15) is 26.7 Å². The molecule has 1 fully saturated rings. The summed E-state index contributed by atoms with van der Waals surface area (Å²) in [5, 5.41) is 8.94. The number of aliphatic carboxylic acids is 1. The zero-order chi connectivity index (χ0) is 16.0. The number of rotatable bonds is 5. The second-order valence-corrected chi connectivity index (χ2v) is 5.30. The normalized spacial score (nSPS) is 15.7. The first-order valence-electron chi connectivity index (χ1n) is 7.41. The molecule has 120 valence electrons. The van der Waals surface area contributed by atoms with Crippen LogP contribution in [0.4, 0.5) is 4.79 Å². The number of hydrogen-bond donors (Lipinski definition) is 1. The molecule has 0 bridgehead atoms. The molecule has 1 aliphatic heterocycles. The van der Waals surface area contributed by atoms with E-state index in [1.54, 1.807) is 16.8 Å². The molecule has 0 aromatic carbocycles. The lowest BCUT2D eigenvalue weighted by Crippen LogP contribution is -2.49. The highest BCUT2D eigenvalue weighted by Crippen LogP contribution is 2.18. The first-order chi connectivity index (χ1) is 9.90.